The van der Waals surface area contributed by atoms with E-state index in [0.29, 0.717) is 38.8 Å². The highest BCUT2D eigenvalue weighted by molar-refractivity contribution is 8.18. The summed E-state index contributed by atoms with van der Waals surface area (Å²) < 4.78 is 11.1. The summed E-state index contributed by atoms with van der Waals surface area (Å²) in [6, 6.07) is 11.2. The molecule has 0 radical (unpaired) electrons. The number of amidine groups is 1. The Hall–Kier alpha value is -2.88. The first kappa shape index (κ1) is 20.8. The van der Waals surface area contributed by atoms with Crippen LogP contribution in [0.15, 0.2) is 46.3 Å². The lowest BCUT2D eigenvalue weighted by Crippen LogP contribution is -2.19. The Bertz CT molecular complexity index is 1040. The molecule has 0 spiro atoms. The van der Waals surface area contributed by atoms with E-state index in [2.05, 4.69) is 16.2 Å². The second-order valence-corrected chi connectivity index (χ2v) is 7.51. The molecule has 0 saturated carbocycles. The molecule has 1 aliphatic heterocycles. The molecular weight excluding hydrogens is 408 g/mol. The number of nitrogens with zero attached hydrogens (tertiary/aromatic N) is 1. The highest BCUT2D eigenvalue weighted by Crippen LogP contribution is 2.38. The fourth-order valence-electron chi connectivity index (χ4n) is 2.63. The summed E-state index contributed by atoms with van der Waals surface area (Å²) >= 11 is 7.61. The molecule has 0 unspecified atom stereocenters. The maximum Gasteiger partial charge on any atom is 0.264 e. The molecule has 2 aromatic rings. The van der Waals surface area contributed by atoms with E-state index in [1.165, 1.54) is 11.8 Å². The molecule has 2 aromatic carbocycles. The molecule has 0 aromatic heterocycles. The van der Waals surface area contributed by atoms with Gasteiger partial charge in [0.15, 0.2) is 16.7 Å². The number of carbonyl (C=O) groups is 1. The average Bonchev–Trinajstić information content (AvgIpc) is 3.00. The number of nitrogens with one attached hydrogen (secondary N) is 1. The fraction of sp³-hybridized carbons (Fsp3) is 0.182. The number of amides is 1. The van der Waals surface area contributed by atoms with Gasteiger partial charge in [0.05, 0.1) is 22.2 Å². The summed E-state index contributed by atoms with van der Waals surface area (Å²) in [5.41, 5.74) is 2.59. The maximum absolute atomic E-state index is 12.4. The second kappa shape index (κ2) is 9.55. The highest BCUT2D eigenvalue weighted by Gasteiger charge is 2.24. The van der Waals surface area contributed by atoms with Crippen LogP contribution in [0.25, 0.3) is 6.08 Å². The van der Waals surface area contributed by atoms with Gasteiger partial charge < -0.3 is 14.8 Å². The van der Waals surface area contributed by atoms with Crippen molar-refractivity contribution in [3.05, 3.63) is 57.5 Å². The lowest BCUT2D eigenvalue weighted by Gasteiger charge is -2.13. The third-order valence-electron chi connectivity index (χ3n) is 3.81. The van der Waals surface area contributed by atoms with Crippen LogP contribution in [0.1, 0.15) is 18.1 Å². The maximum atomic E-state index is 12.4. The normalized spacial score (nSPS) is 16.0. The number of terminal acetylenes is 1. The van der Waals surface area contributed by atoms with Crippen molar-refractivity contribution in [3.63, 3.8) is 0 Å². The van der Waals surface area contributed by atoms with Crippen LogP contribution in [0.4, 0.5) is 5.69 Å². The Labute approximate surface area is 179 Å². The number of benzene rings is 2. The molecule has 3 rings (SSSR count). The van der Waals surface area contributed by atoms with Gasteiger partial charge >= 0.3 is 0 Å². The number of halogens is 1. The molecule has 0 bridgehead atoms. The zero-order valence-corrected chi connectivity index (χ0v) is 17.6. The van der Waals surface area contributed by atoms with Gasteiger partial charge in [-0.15, -0.1) is 6.42 Å². The van der Waals surface area contributed by atoms with E-state index in [0.717, 1.165) is 11.3 Å². The zero-order valence-electron chi connectivity index (χ0n) is 16.0. The third-order valence-corrected chi connectivity index (χ3v) is 5.00. The number of hydrogen-bond acceptors (Lipinski definition) is 5. The minimum atomic E-state index is -0.219. The molecule has 1 N–H and O–H groups in total. The van der Waals surface area contributed by atoms with E-state index in [1.807, 2.05) is 38.1 Å². The van der Waals surface area contributed by atoms with Crippen LogP contribution >= 0.6 is 23.4 Å². The van der Waals surface area contributed by atoms with Gasteiger partial charge in [-0.25, -0.2) is 4.99 Å². The molecule has 1 saturated heterocycles. The van der Waals surface area contributed by atoms with Crippen molar-refractivity contribution in [1.82, 2.24) is 5.32 Å². The summed E-state index contributed by atoms with van der Waals surface area (Å²) in [5, 5.41) is 3.66. The molecule has 0 atom stereocenters. The summed E-state index contributed by atoms with van der Waals surface area (Å²) in [5.74, 6) is 3.04. The largest absolute Gasteiger partial charge is 0.490 e. The van der Waals surface area contributed by atoms with Crippen molar-refractivity contribution in [2.24, 2.45) is 4.99 Å². The predicted octanol–water partition coefficient (Wildman–Crippen LogP) is 4.95. The molecule has 5 nitrogen and oxygen atoms in total. The van der Waals surface area contributed by atoms with Crippen LogP contribution in [-0.2, 0) is 4.79 Å². The number of ether oxygens (including phenoxy) is 2. The van der Waals surface area contributed by atoms with Crippen LogP contribution in [0.3, 0.4) is 0 Å². The number of aryl methyl sites for hydroxylation is 1. The molecule has 7 heteroatoms. The summed E-state index contributed by atoms with van der Waals surface area (Å²) in [6.07, 6.45) is 6.99. The number of aliphatic imine (C=N–C) groups is 1. The topological polar surface area (TPSA) is 59.9 Å². The number of carbonyl (C=O) groups excluding carboxylic acids is 1. The summed E-state index contributed by atoms with van der Waals surface area (Å²) in [4.78, 5) is 17.4. The van der Waals surface area contributed by atoms with Gasteiger partial charge in [-0.1, -0.05) is 29.7 Å². The highest BCUT2D eigenvalue weighted by atomic mass is 35.5. The molecule has 1 heterocycles. The van der Waals surface area contributed by atoms with Crippen LogP contribution in [0.5, 0.6) is 11.5 Å². The van der Waals surface area contributed by atoms with Crippen LogP contribution in [-0.4, -0.2) is 24.3 Å². The van der Waals surface area contributed by atoms with E-state index in [4.69, 9.17) is 27.5 Å². The molecule has 1 amide bonds. The first-order valence-electron chi connectivity index (χ1n) is 8.89. The first-order valence-corrected chi connectivity index (χ1v) is 10.1. The number of rotatable bonds is 6. The van der Waals surface area contributed by atoms with E-state index in [9.17, 15) is 4.79 Å². The fourth-order valence-corrected chi connectivity index (χ4v) is 3.75. The van der Waals surface area contributed by atoms with Gasteiger partial charge in [0, 0.05) is 0 Å². The monoisotopic (exact) mass is 426 g/mol. The van der Waals surface area contributed by atoms with Gasteiger partial charge in [0.2, 0.25) is 0 Å². The van der Waals surface area contributed by atoms with Crippen molar-refractivity contribution < 1.29 is 14.3 Å². The van der Waals surface area contributed by atoms with Crippen molar-refractivity contribution in [1.29, 1.82) is 0 Å². The molecule has 1 aliphatic rings. The summed E-state index contributed by atoms with van der Waals surface area (Å²) in [6.45, 7) is 4.37. The van der Waals surface area contributed by atoms with Gasteiger partial charge in [-0.3, -0.25) is 4.79 Å². The Balaban J connectivity index is 1.87. The van der Waals surface area contributed by atoms with Crippen molar-refractivity contribution in [2.75, 3.05) is 13.2 Å². The lowest BCUT2D eigenvalue weighted by atomic mass is 10.2. The molecule has 0 aliphatic carbocycles. The molecule has 148 valence electrons. The average molecular weight is 427 g/mol. The summed E-state index contributed by atoms with van der Waals surface area (Å²) in [7, 11) is 0. The quantitative estimate of drug-likeness (QED) is 0.524. The van der Waals surface area contributed by atoms with E-state index in [1.54, 1.807) is 18.2 Å². The van der Waals surface area contributed by atoms with Crippen LogP contribution in [0.2, 0.25) is 5.02 Å². The Kier molecular flexibility index (Phi) is 6.86. The van der Waals surface area contributed by atoms with Crippen LogP contribution < -0.4 is 14.8 Å². The Morgan fingerprint density at radius 1 is 1.31 bits per heavy atom. The van der Waals surface area contributed by atoms with Crippen molar-refractivity contribution in [3.8, 4) is 23.8 Å². The van der Waals surface area contributed by atoms with Crippen molar-refractivity contribution in [2.45, 2.75) is 13.8 Å². The molecule has 29 heavy (non-hydrogen) atoms. The lowest BCUT2D eigenvalue weighted by molar-refractivity contribution is -0.115. The number of thioether (sulfide) groups is 1. The van der Waals surface area contributed by atoms with Crippen LogP contribution in [0, 0.1) is 19.3 Å². The third kappa shape index (κ3) is 5.35. The van der Waals surface area contributed by atoms with Gasteiger partial charge in [-0.2, -0.15) is 0 Å². The van der Waals surface area contributed by atoms with E-state index in [-0.39, 0.29) is 12.5 Å². The minimum absolute atomic E-state index is 0.0806. The standard InChI is InChI=1S/C22H19ClN2O3S/c1-4-9-28-20-17(23)11-15(12-18(20)27-5-2)13-19-21(26)25-22(29-19)24-16-8-6-7-14(3)10-16/h1,6-8,10-13H,5,9H2,2-3H3,(H,24,25,26)/b19-13-. The minimum Gasteiger partial charge on any atom is -0.490 e. The Morgan fingerprint density at radius 2 is 2.14 bits per heavy atom. The van der Waals surface area contributed by atoms with E-state index < -0.39 is 0 Å². The zero-order chi connectivity index (χ0) is 20.8. The van der Waals surface area contributed by atoms with Crippen molar-refractivity contribution >= 4 is 46.2 Å². The van der Waals surface area contributed by atoms with E-state index >= 15 is 0 Å². The molecular formula is C22H19ClN2O3S. The SMILES string of the molecule is C#CCOc1c(Cl)cc(/C=C2\SC(=Nc3cccc(C)c3)NC2=O)cc1OCC. The number of hydrogen-bond donors (Lipinski definition) is 1. The first-order chi connectivity index (χ1) is 14.0. The molecule has 1 fully saturated rings. The smallest absolute Gasteiger partial charge is 0.264 e. The predicted molar refractivity (Wildman–Crippen MR) is 119 cm³/mol. The van der Waals surface area contributed by atoms with Gasteiger partial charge in [0.1, 0.15) is 6.61 Å². The second-order valence-electron chi connectivity index (χ2n) is 6.08. The Morgan fingerprint density at radius 3 is 2.86 bits per heavy atom. The van der Waals surface area contributed by atoms with Gasteiger partial charge in [0.25, 0.3) is 5.91 Å². The van der Waals surface area contributed by atoms with Gasteiger partial charge in [-0.05, 0) is 67.1 Å².